The van der Waals surface area contributed by atoms with E-state index in [9.17, 15) is 0 Å². The monoisotopic (exact) mass is 678 g/mol. The number of hydrogen-bond acceptors (Lipinski definition) is 0. The number of hydrogen-bond donors (Lipinski definition) is 0. The zero-order chi connectivity index (χ0) is 35.8. The van der Waals surface area contributed by atoms with Crippen molar-refractivity contribution in [2.75, 3.05) is 0 Å². The highest BCUT2D eigenvalue weighted by atomic mass is 14.5. The molecule has 0 saturated carbocycles. The van der Waals surface area contributed by atoms with Crippen LogP contribution in [0, 0.1) is 34.5 Å². The van der Waals surface area contributed by atoms with E-state index in [1.165, 1.54) is 45.0 Å². The molecule has 0 N–H and O–H groups in total. The van der Waals surface area contributed by atoms with Gasteiger partial charge in [0.05, 0.1) is 0 Å². The summed E-state index contributed by atoms with van der Waals surface area (Å²) in [6, 6.07) is 32.5. The molecule has 7 atom stereocenters. The van der Waals surface area contributed by atoms with Gasteiger partial charge in [0, 0.05) is 11.3 Å². The topological polar surface area (TPSA) is 0 Å². The fourth-order valence-corrected chi connectivity index (χ4v) is 10.8. The molecule has 0 radical (unpaired) electrons. The zero-order valence-corrected chi connectivity index (χ0v) is 32.0. The van der Waals surface area contributed by atoms with E-state index in [0.717, 1.165) is 25.7 Å². The van der Waals surface area contributed by atoms with Gasteiger partial charge in [-0.25, -0.2) is 0 Å². The SMILES string of the molecule is CC1C=CC=C(C2(C)Cc3c(cccc3C3C4=C(C=CC(C)C4)C(c4ccc(-c5ccc6ccccc6c5)cc4)=C4CC(C)C=CC43C)CC2C)C1. The van der Waals surface area contributed by atoms with Crippen LogP contribution in [0.5, 0.6) is 0 Å². The summed E-state index contributed by atoms with van der Waals surface area (Å²) in [6.07, 6.45) is 23.0. The molecule has 0 saturated heterocycles. The molecule has 5 aliphatic carbocycles. The average Bonchev–Trinajstić information content (AvgIpc) is 3.15. The minimum Gasteiger partial charge on any atom is -0.0845 e. The minimum atomic E-state index is -0.0848. The summed E-state index contributed by atoms with van der Waals surface area (Å²) >= 11 is 0. The lowest BCUT2D eigenvalue weighted by atomic mass is 9.53. The van der Waals surface area contributed by atoms with E-state index in [1.54, 1.807) is 33.4 Å². The maximum atomic E-state index is 2.64. The summed E-state index contributed by atoms with van der Waals surface area (Å²) in [7, 11) is 0. The van der Waals surface area contributed by atoms with Gasteiger partial charge in [-0.3, -0.25) is 0 Å². The summed E-state index contributed by atoms with van der Waals surface area (Å²) in [5.41, 5.74) is 16.7. The van der Waals surface area contributed by atoms with E-state index in [0.29, 0.717) is 29.6 Å². The van der Waals surface area contributed by atoms with Gasteiger partial charge >= 0.3 is 0 Å². The molecule has 0 fully saturated rings. The molecule has 0 nitrogen and oxygen atoms in total. The van der Waals surface area contributed by atoms with Gasteiger partial charge in [-0.05, 0) is 123 Å². The van der Waals surface area contributed by atoms with Gasteiger partial charge in [-0.1, -0.05) is 180 Å². The molecule has 0 bridgehead atoms. The molecule has 0 amide bonds. The lowest BCUT2D eigenvalue weighted by Gasteiger charge is -2.51. The number of benzene rings is 4. The van der Waals surface area contributed by atoms with E-state index in [4.69, 9.17) is 0 Å². The van der Waals surface area contributed by atoms with E-state index < -0.39 is 0 Å². The van der Waals surface area contributed by atoms with Crippen molar-refractivity contribution < 1.29 is 0 Å². The Kier molecular flexibility index (Phi) is 8.11. The van der Waals surface area contributed by atoms with Gasteiger partial charge in [0.1, 0.15) is 0 Å². The van der Waals surface area contributed by atoms with Gasteiger partial charge in [0.25, 0.3) is 0 Å². The van der Waals surface area contributed by atoms with Crippen molar-refractivity contribution >= 4 is 16.3 Å². The predicted molar refractivity (Wildman–Crippen MR) is 222 cm³/mol. The van der Waals surface area contributed by atoms with E-state index in [-0.39, 0.29) is 10.8 Å². The highest BCUT2D eigenvalue weighted by Gasteiger charge is 2.49. The Balaban J connectivity index is 1.18. The highest BCUT2D eigenvalue weighted by Crippen LogP contribution is 2.62. The van der Waals surface area contributed by atoms with Crippen LogP contribution in [0.15, 0.2) is 150 Å². The quantitative estimate of drug-likeness (QED) is 0.189. The smallest absolute Gasteiger partial charge is 0.0187 e. The number of allylic oxidation sites excluding steroid dienone is 12. The molecule has 0 aliphatic heterocycles. The van der Waals surface area contributed by atoms with Crippen molar-refractivity contribution in [3.8, 4) is 11.1 Å². The lowest BCUT2D eigenvalue weighted by molar-refractivity contribution is 0.222. The Morgan fingerprint density at radius 1 is 0.635 bits per heavy atom. The molecular formula is C52H54. The molecule has 0 heterocycles. The largest absolute Gasteiger partial charge is 0.0845 e. The second kappa shape index (κ2) is 12.6. The van der Waals surface area contributed by atoms with E-state index in [1.807, 2.05) is 0 Å². The third-order valence-electron chi connectivity index (χ3n) is 14.0. The molecule has 9 rings (SSSR count). The predicted octanol–water partition coefficient (Wildman–Crippen LogP) is 13.8. The number of rotatable bonds is 4. The first-order chi connectivity index (χ1) is 25.1. The summed E-state index contributed by atoms with van der Waals surface area (Å²) < 4.78 is 0. The first-order valence-corrected chi connectivity index (χ1v) is 20.0. The van der Waals surface area contributed by atoms with Crippen LogP contribution >= 0.6 is 0 Å². The summed E-state index contributed by atoms with van der Waals surface area (Å²) in [6.45, 7) is 14.9. The van der Waals surface area contributed by atoms with Crippen molar-refractivity contribution in [1.82, 2.24) is 0 Å². The molecule has 4 aromatic carbocycles. The van der Waals surface area contributed by atoms with Crippen molar-refractivity contribution in [1.29, 1.82) is 0 Å². The maximum absolute atomic E-state index is 2.64. The first-order valence-electron chi connectivity index (χ1n) is 20.0. The van der Waals surface area contributed by atoms with Crippen LogP contribution in [0.1, 0.15) is 89.0 Å². The Morgan fingerprint density at radius 2 is 1.37 bits per heavy atom. The van der Waals surface area contributed by atoms with Crippen LogP contribution in [0.3, 0.4) is 0 Å². The minimum absolute atomic E-state index is 0.0848. The first kappa shape index (κ1) is 33.4. The Hall–Kier alpha value is -4.42. The van der Waals surface area contributed by atoms with Crippen molar-refractivity contribution in [3.63, 3.8) is 0 Å². The highest BCUT2D eigenvalue weighted by molar-refractivity contribution is 5.91. The van der Waals surface area contributed by atoms with Crippen LogP contribution in [0.25, 0.3) is 27.5 Å². The maximum Gasteiger partial charge on any atom is 0.0187 e. The Morgan fingerprint density at radius 3 is 2.17 bits per heavy atom. The zero-order valence-electron chi connectivity index (χ0n) is 32.0. The van der Waals surface area contributed by atoms with Crippen LogP contribution in [-0.4, -0.2) is 0 Å². The second-order valence-corrected chi connectivity index (χ2v) is 17.7. The molecule has 0 spiro atoms. The second-order valence-electron chi connectivity index (χ2n) is 17.7. The molecule has 4 aromatic rings. The van der Waals surface area contributed by atoms with Gasteiger partial charge < -0.3 is 0 Å². The van der Waals surface area contributed by atoms with Crippen molar-refractivity contribution in [2.24, 2.45) is 34.5 Å². The average molecular weight is 679 g/mol. The van der Waals surface area contributed by atoms with Crippen LogP contribution in [-0.2, 0) is 12.8 Å². The fraction of sp³-hybridized carbons (Fsp3) is 0.346. The lowest BCUT2D eigenvalue weighted by Crippen LogP contribution is -2.40. The van der Waals surface area contributed by atoms with E-state index in [2.05, 4.69) is 169 Å². The molecular weight excluding hydrogens is 625 g/mol. The Labute approximate surface area is 312 Å². The van der Waals surface area contributed by atoms with Crippen LogP contribution < -0.4 is 0 Å². The van der Waals surface area contributed by atoms with E-state index >= 15 is 0 Å². The molecule has 5 aliphatic rings. The van der Waals surface area contributed by atoms with Crippen LogP contribution in [0.4, 0.5) is 0 Å². The van der Waals surface area contributed by atoms with Crippen molar-refractivity contribution in [2.45, 2.75) is 79.6 Å². The van der Waals surface area contributed by atoms with Crippen molar-refractivity contribution in [3.05, 3.63) is 172 Å². The number of fused-ring (bicyclic) bond motifs is 3. The summed E-state index contributed by atoms with van der Waals surface area (Å²) in [5.74, 6) is 2.61. The fourth-order valence-electron chi connectivity index (χ4n) is 10.8. The van der Waals surface area contributed by atoms with Crippen LogP contribution in [0.2, 0.25) is 0 Å². The third kappa shape index (κ3) is 5.39. The standard InChI is InChI=1S/C52H54/c1-33-11-9-15-43(27-33)52(6)32-47-42(30-36(52)4)14-10-16-45(47)50-46-28-34(2)17-24-44(46)49(48-29-35(3)25-26-51(48,50)5)39-21-18-38(19-22-39)41-23-20-37-12-7-8-13-40(37)31-41/h7-26,31,33-36,50H,27-30,32H2,1-6H3. The normalized spacial score (nSPS) is 31.0. The van der Waals surface area contributed by atoms with Gasteiger partial charge in [0.15, 0.2) is 0 Å². The van der Waals surface area contributed by atoms with Gasteiger partial charge in [-0.2, -0.15) is 0 Å². The summed E-state index contributed by atoms with van der Waals surface area (Å²) in [5, 5.41) is 2.59. The Bertz CT molecular complexity index is 2260. The summed E-state index contributed by atoms with van der Waals surface area (Å²) in [4.78, 5) is 0. The molecule has 0 aromatic heterocycles. The van der Waals surface area contributed by atoms with Gasteiger partial charge in [-0.15, -0.1) is 0 Å². The molecule has 0 heteroatoms. The molecule has 52 heavy (non-hydrogen) atoms. The van der Waals surface area contributed by atoms with Gasteiger partial charge in [0.2, 0.25) is 0 Å². The molecule has 7 unspecified atom stereocenters. The molecule has 262 valence electrons. The third-order valence-corrected chi connectivity index (χ3v) is 14.0.